The normalized spacial score (nSPS) is 10.2. The maximum absolute atomic E-state index is 5.85. The summed E-state index contributed by atoms with van der Waals surface area (Å²) in [5.41, 5.74) is 0. The van der Waals surface area contributed by atoms with Gasteiger partial charge in [-0.2, -0.15) is 4.98 Å². The first kappa shape index (κ1) is 15.1. The van der Waals surface area contributed by atoms with Crippen LogP contribution in [0.4, 0.5) is 5.82 Å². The van der Waals surface area contributed by atoms with Crippen LogP contribution >= 0.6 is 0 Å². The lowest BCUT2D eigenvalue weighted by Gasteiger charge is -2.12. The van der Waals surface area contributed by atoms with Crippen molar-refractivity contribution in [3.63, 3.8) is 0 Å². The Bertz CT molecular complexity index is 587. The van der Waals surface area contributed by atoms with E-state index in [1.807, 2.05) is 38.1 Å². The van der Waals surface area contributed by atoms with Crippen LogP contribution in [-0.4, -0.2) is 23.1 Å². The molecule has 0 radical (unpaired) electrons. The number of nitrogens with zero attached hydrogens (tertiary/aromatic N) is 2. The molecule has 0 saturated carbocycles. The highest BCUT2D eigenvalue weighted by molar-refractivity contribution is 5.44. The van der Waals surface area contributed by atoms with Gasteiger partial charge in [0.1, 0.15) is 11.6 Å². The molecule has 2 aromatic rings. The van der Waals surface area contributed by atoms with Gasteiger partial charge in [0.2, 0.25) is 5.88 Å². The molecule has 0 saturated heterocycles. The average molecular weight is 287 g/mol. The topological polar surface area (TPSA) is 56.3 Å². The Kier molecular flexibility index (Phi) is 5.37. The number of nitrogens with one attached hydrogen (secondary N) is 1. The van der Waals surface area contributed by atoms with Gasteiger partial charge in [-0.15, -0.1) is 0 Å². The maximum Gasteiger partial charge on any atom is 0.224 e. The molecule has 21 heavy (non-hydrogen) atoms. The van der Waals surface area contributed by atoms with Crippen molar-refractivity contribution in [2.24, 2.45) is 0 Å². The van der Waals surface area contributed by atoms with Crippen molar-refractivity contribution in [1.82, 2.24) is 9.97 Å². The van der Waals surface area contributed by atoms with Gasteiger partial charge in [0.25, 0.3) is 0 Å². The summed E-state index contributed by atoms with van der Waals surface area (Å²) in [6, 6.07) is 9.36. The lowest BCUT2D eigenvalue weighted by atomic mass is 10.3. The third-order valence-corrected chi connectivity index (χ3v) is 2.73. The van der Waals surface area contributed by atoms with Gasteiger partial charge in [0.05, 0.1) is 6.61 Å². The molecule has 112 valence electrons. The van der Waals surface area contributed by atoms with Crippen LogP contribution < -0.4 is 14.8 Å². The molecule has 1 aromatic heterocycles. The number of para-hydroxylation sites is 2. The second-order valence-electron chi connectivity index (χ2n) is 4.55. The molecule has 0 aliphatic heterocycles. The quantitative estimate of drug-likeness (QED) is 0.839. The lowest BCUT2D eigenvalue weighted by molar-refractivity contribution is 0.319. The molecular formula is C16H21N3O2. The molecule has 2 rings (SSSR count). The Hall–Kier alpha value is -2.30. The number of hydrogen-bond acceptors (Lipinski definition) is 5. The molecule has 0 aliphatic carbocycles. The molecule has 0 unspecified atom stereocenters. The maximum atomic E-state index is 5.85. The fourth-order valence-electron chi connectivity index (χ4n) is 1.86. The van der Waals surface area contributed by atoms with E-state index in [9.17, 15) is 0 Å². The van der Waals surface area contributed by atoms with Crippen molar-refractivity contribution in [3.8, 4) is 17.4 Å². The standard InChI is InChI=1S/C16H21N3O2/c1-4-10-17-15-11-16(19-12(3)18-15)21-14-9-7-6-8-13(14)20-5-2/h6-9,11H,4-5,10H2,1-3H3,(H,17,18,19). The van der Waals surface area contributed by atoms with E-state index < -0.39 is 0 Å². The minimum absolute atomic E-state index is 0.508. The predicted molar refractivity (Wildman–Crippen MR) is 83.2 cm³/mol. The second-order valence-corrected chi connectivity index (χ2v) is 4.55. The van der Waals surface area contributed by atoms with Gasteiger partial charge in [-0.05, 0) is 32.4 Å². The molecule has 0 amide bonds. The van der Waals surface area contributed by atoms with E-state index in [0.29, 0.717) is 29.8 Å². The smallest absolute Gasteiger partial charge is 0.224 e. The Morgan fingerprint density at radius 3 is 2.57 bits per heavy atom. The van der Waals surface area contributed by atoms with Crippen molar-refractivity contribution in [1.29, 1.82) is 0 Å². The van der Waals surface area contributed by atoms with E-state index in [-0.39, 0.29) is 0 Å². The summed E-state index contributed by atoms with van der Waals surface area (Å²) in [5, 5.41) is 3.24. The molecule has 1 aromatic carbocycles. The highest BCUT2D eigenvalue weighted by atomic mass is 16.5. The zero-order valence-electron chi connectivity index (χ0n) is 12.7. The number of benzene rings is 1. The van der Waals surface area contributed by atoms with Gasteiger partial charge < -0.3 is 14.8 Å². The average Bonchev–Trinajstić information content (AvgIpc) is 2.47. The fraction of sp³-hybridized carbons (Fsp3) is 0.375. The number of aromatic nitrogens is 2. The van der Waals surface area contributed by atoms with Crippen LogP contribution in [0, 0.1) is 6.92 Å². The minimum Gasteiger partial charge on any atom is -0.490 e. The van der Waals surface area contributed by atoms with Gasteiger partial charge in [0.15, 0.2) is 11.5 Å². The monoisotopic (exact) mass is 287 g/mol. The Morgan fingerprint density at radius 2 is 1.86 bits per heavy atom. The SMILES string of the molecule is CCCNc1cc(Oc2ccccc2OCC)nc(C)n1. The fourth-order valence-corrected chi connectivity index (χ4v) is 1.86. The largest absolute Gasteiger partial charge is 0.490 e. The summed E-state index contributed by atoms with van der Waals surface area (Å²) in [5.74, 6) is 3.31. The first-order valence-electron chi connectivity index (χ1n) is 7.22. The lowest BCUT2D eigenvalue weighted by Crippen LogP contribution is -2.04. The van der Waals surface area contributed by atoms with Crippen LogP contribution in [0.25, 0.3) is 0 Å². The highest BCUT2D eigenvalue weighted by Gasteiger charge is 2.08. The summed E-state index contributed by atoms with van der Waals surface area (Å²) in [7, 11) is 0. The highest BCUT2D eigenvalue weighted by Crippen LogP contribution is 2.31. The number of aryl methyl sites for hydroxylation is 1. The van der Waals surface area contributed by atoms with Crippen molar-refractivity contribution >= 4 is 5.82 Å². The molecular weight excluding hydrogens is 266 g/mol. The number of hydrogen-bond donors (Lipinski definition) is 1. The van der Waals surface area contributed by atoms with Crippen LogP contribution in [0.2, 0.25) is 0 Å². The van der Waals surface area contributed by atoms with Gasteiger partial charge in [-0.25, -0.2) is 4.98 Å². The van der Waals surface area contributed by atoms with Crippen LogP contribution in [0.3, 0.4) is 0 Å². The van der Waals surface area contributed by atoms with Gasteiger partial charge in [0, 0.05) is 12.6 Å². The third-order valence-electron chi connectivity index (χ3n) is 2.73. The number of anilines is 1. The molecule has 0 fully saturated rings. The second kappa shape index (κ2) is 7.47. The molecule has 0 spiro atoms. The Balaban J connectivity index is 2.21. The van der Waals surface area contributed by atoms with Crippen LogP contribution in [0.15, 0.2) is 30.3 Å². The molecule has 5 nitrogen and oxygen atoms in total. The van der Waals surface area contributed by atoms with E-state index in [1.165, 1.54) is 0 Å². The summed E-state index contributed by atoms with van der Waals surface area (Å²) in [6.07, 6.45) is 1.03. The van der Waals surface area contributed by atoms with Crippen LogP contribution in [0.5, 0.6) is 17.4 Å². The van der Waals surface area contributed by atoms with Crippen LogP contribution in [-0.2, 0) is 0 Å². The molecule has 0 atom stereocenters. The van der Waals surface area contributed by atoms with E-state index in [4.69, 9.17) is 9.47 Å². The molecule has 1 N–H and O–H groups in total. The zero-order chi connectivity index (χ0) is 15.1. The summed E-state index contributed by atoms with van der Waals surface area (Å²) in [4.78, 5) is 8.65. The number of ether oxygens (including phenoxy) is 2. The summed E-state index contributed by atoms with van der Waals surface area (Å²) >= 11 is 0. The minimum atomic E-state index is 0.508. The Morgan fingerprint density at radius 1 is 1.10 bits per heavy atom. The van der Waals surface area contributed by atoms with Gasteiger partial charge in [-0.3, -0.25) is 0 Å². The first-order valence-corrected chi connectivity index (χ1v) is 7.22. The predicted octanol–water partition coefficient (Wildman–Crippen LogP) is 3.80. The van der Waals surface area contributed by atoms with Crippen molar-refractivity contribution in [2.45, 2.75) is 27.2 Å². The van der Waals surface area contributed by atoms with Crippen molar-refractivity contribution in [3.05, 3.63) is 36.2 Å². The first-order chi connectivity index (χ1) is 10.2. The molecule has 5 heteroatoms. The van der Waals surface area contributed by atoms with E-state index in [0.717, 1.165) is 18.8 Å². The molecule has 0 aliphatic rings. The van der Waals surface area contributed by atoms with E-state index in [1.54, 1.807) is 6.07 Å². The van der Waals surface area contributed by atoms with E-state index >= 15 is 0 Å². The van der Waals surface area contributed by atoms with Gasteiger partial charge >= 0.3 is 0 Å². The zero-order valence-corrected chi connectivity index (χ0v) is 12.7. The van der Waals surface area contributed by atoms with Crippen molar-refractivity contribution < 1.29 is 9.47 Å². The molecule has 0 bridgehead atoms. The van der Waals surface area contributed by atoms with Crippen LogP contribution in [0.1, 0.15) is 26.1 Å². The van der Waals surface area contributed by atoms with Crippen molar-refractivity contribution in [2.75, 3.05) is 18.5 Å². The van der Waals surface area contributed by atoms with E-state index in [2.05, 4.69) is 22.2 Å². The Labute approximate surface area is 125 Å². The molecule has 1 heterocycles. The summed E-state index contributed by atoms with van der Waals surface area (Å²) in [6.45, 7) is 7.35. The van der Waals surface area contributed by atoms with Gasteiger partial charge in [-0.1, -0.05) is 19.1 Å². The number of rotatable bonds is 7. The summed E-state index contributed by atoms with van der Waals surface area (Å²) < 4.78 is 11.4. The third kappa shape index (κ3) is 4.34.